The summed E-state index contributed by atoms with van der Waals surface area (Å²) in [5.74, 6) is 1.62. The van der Waals surface area contributed by atoms with Gasteiger partial charge in [0.05, 0.1) is 26.4 Å². The third kappa shape index (κ3) is 7.30. The monoisotopic (exact) mass is 636 g/mol. The fourth-order valence-electron chi connectivity index (χ4n) is 8.44. The Balaban J connectivity index is 1.37. The zero-order chi connectivity index (χ0) is 33.2. The summed E-state index contributed by atoms with van der Waals surface area (Å²) in [6.07, 6.45) is 0.672. The van der Waals surface area contributed by atoms with Crippen LogP contribution in [0.3, 0.4) is 0 Å². The van der Waals surface area contributed by atoms with Crippen molar-refractivity contribution in [2.45, 2.75) is 84.5 Å². The number of ether oxygens (including phenoxy) is 1. The molecule has 46 heavy (non-hydrogen) atoms. The van der Waals surface area contributed by atoms with Gasteiger partial charge < -0.3 is 25.2 Å². The summed E-state index contributed by atoms with van der Waals surface area (Å²) in [4.78, 5) is 25.0. The fraction of sp³-hybridized carbons (Fsp3) is 0.649. The van der Waals surface area contributed by atoms with Crippen molar-refractivity contribution in [3.05, 3.63) is 65.2 Å². The molecule has 0 aromatic heterocycles. The topological polar surface area (TPSA) is 97.7 Å². The standard InChI is InChI=1S/C37H56N4O5/c1-24-30-18-29(37(30,3)4)19-31(24)38-36(44)34-33(25(2)43)32(23-42)46-41(34)22-28-15-11-14-27(35(28)45-7)21-40(17-16-39(5)6)20-26-12-9-8-10-13-26/h8-15,24-25,29-34,42-43H,16-23H2,1-7H3,(H,38,44)/t24-,25+,29?,30?,31+,32+,33-,34+/m1/s1. The van der Waals surface area contributed by atoms with Crippen LogP contribution in [0.5, 0.6) is 5.75 Å². The third-order valence-electron chi connectivity index (χ3n) is 11.3. The normalized spacial score (nSPS) is 29.5. The molecular weight excluding hydrogens is 580 g/mol. The van der Waals surface area contributed by atoms with E-state index in [1.807, 2.05) is 18.2 Å². The number of hydroxylamine groups is 2. The number of rotatable bonds is 14. The smallest absolute Gasteiger partial charge is 0.240 e. The van der Waals surface area contributed by atoms with Crippen molar-refractivity contribution < 1.29 is 24.6 Å². The number of aliphatic hydroxyl groups is 2. The Morgan fingerprint density at radius 3 is 2.41 bits per heavy atom. The molecule has 3 N–H and O–H groups in total. The molecule has 1 saturated heterocycles. The summed E-state index contributed by atoms with van der Waals surface area (Å²) in [7, 11) is 5.86. The van der Waals surface area contributed by atoms with E-state index in [0.717, 1.165) is 42.9 Å². The van der Waals surface area contributed by atoms with E-state index in [9.17, 15) is 15.0 Å². The molecule has 9 heteroatoms. The van der Waals surface area contributed by atoms with Crippen LogP contribution in [0.25, 0.3) is 0 Å². The molecule has 3 saturated carbocycles. The first-order valence-corrected chi connectivity index (χ1v) is 17.0. The number of benzene rings is 2. The molecule has 2 aromatic carbocycles. The molecule has 1 aliphatic heterocycles. The number of carbonyl (C=O) groups is 1. The number of nitrogens with one attached hydrogen (secondary N) is 1. The number of carbonyl (C=O) groups excluding carboxylic acids is 1. The van der Waals surface area contributed by atoms with Crippen LogP contribution >= 0.6 is 0 Å². The van der Waals surface area contributed by atoms with E-state index in [2.05, 4.69) is 80.3 Å². The van der Waals surface area contributed by atoms with Crippen molar-refractivity contribution >= 4 is 5.91 Å². The maximum Gasteiger partial charge on any atom is 0.240 e. The highest BCUT2D eigenvalue weighted by molar-refractivity contribution is 5.83. The molecule has 4 aliphatic rings. The third-order valence-corrected chi connectivity index (χ3v) is 11.3. The molecule has 0 radical (unpaired) electrons. The summed E-state index contributed by atoms with van der Waals surface area (Å²) in [6.45, 7) is 12.0. The SMILES string of the molecule is COc1c(CN(CCN(C)C)Cc2ccccc2)cccc1CN1O[C@@H](CO)[C@@H]([C@H](C)O)[C@H]1C(=O)N[C@H]1CC2CC([C@H]1C)C2(C)C. The van der Waals surface area contributed by atoms with E-state index in [4.69, 9.17) is 9.57 Å². The minimum Gasteiger partial charge on any atom is -0.496 e. The Bertz CT molecular complexity index is 1300. The predicted octanol–water partition coefficient (Wildman–Crippen LogP) is 3.92. The number of likely N-dealkylation sites (N-methyl/N-ethyl adjacent to an activating group) is 1. The molecule has 2 aromatic rings. The van der Waals surface area contributed by atoms with E-state index in [1.165, 1.54) is 12.0 Å². The number of aliphatic hydroxyl groups excluding tert-OH is 2. The van der Waals surface area contributed by atoms with Crippen molar-refractivity contribution in [1.29, 1.82) is 0 Å². The van der Waals surface area contributed by atoms with Gasteiger partial charge in [-0.1, -0.05) is 69.3 Å². The lowest BCUT2D eigenvalue weighted by molar-refractivity contribution is -0.183. The van der Waals surface area contributed by atoms with Gasteiger partial charge in [-0.2, -0.15) is 5.06 Å². The van der Waals surface area contributed by atoms with Gasteiger partial charge in [-0.05, 0) is 62.6 Å². The molecule has 1 amide bonds. The molecule has 0 spiro atoms. The highest BCUT2D eigenvalue weighted by Gasteiger charge is 2.57. The summed E-state index contributed by atoms with van der Waals surface area (Å²) < 4.78 is 6.04. The number of nitrogens with zero attached hydrogens (tertiary/aromatic N) is 3. The van der Waals surface area contributed by atoms with Crippen LogP contribution in [0.1, 0.15) is 57.2 Å². The van der Waals surface area contributed by atoms with Crippen LogP contribution in [-0.4, -0.2) is 96.2 Å². The maximum absolute atomic E-state index is 14.1. The highest BCUT2D eigenvalue weighted by atomic mass is 16.7. The van der Waals surface area contributed by atoms with Crippen molar-refractivity contribution in [2.24, 2.45) is 29.1 Å². The van der Waals surface area contributed by atoms with Gasteiger partial charge in [-0.3, -0.25) is 14.5 Å². The summed E-state index contributed by atoms with van der Waals surface area (Å²) in [6, 6.07) is 15.9. The van der Waals surface area contributed by atoms with Gasteiger partial charge in [0.2, 0.25) is 5.91 Å². The van der Waals surface area contributed by atoms with Crippen LogP contribution in [0.2, 0.25) is 0 Å². The van der Waals surface area contributed by atoms with Crippen LogP contribution in [-0.2, 0) is 29.3 Å². The largest absolute Gasteiger partial charge is 0.496 e. The predicted molar refractivity (Wildman–Crippen MR) is 180 cm³/mol. The molecule has 2 bridgehead atoms. The van der Waals surface area contributed by atoms with Gasteiger partial charge in [0, 0.05) is 49.3 Å². The van der Waals surface area contributed by atoms with Crippen molar-refractivity contribution in [1.82, 2.24) is 20.2 Å². The van der Waals surface area contributed by atoms with Crippen molar-refractivity contribution in [3.8, 4) is 5.75 Å². The molecule has 8 atom stereocenters. The van der Waals surface area contributed by atoms with Crippen LogP contribution in [0.15, 0.2) is 48.5 Å². The number of methoxy groups -OCH3 is 1. The Labute approximate surface area is 275 Å². The minimum atomic E-state index is -0.842. The summed E-state index contributed by atoms with van der Waals surface area (Å²) >= 11 is 0. The van der Waals surface area contributed by atoms with Gasteiger partial charge in [0.25, 0.3) is 0 Å². The van der Waals surface area contributed by atoms with Crippen LogP contribution in [0, 0.1) is 29.1 Å². The maximum atomic E-state index is 14.1. The Morgan fingerprint density at radius 2 is 1.80 bits per heavy atom. The first-order chi connectivity index (χ1) is 21.9. The van der Waals surface area contributed by atoms with Gasteiger partial charge in [-0.15, -0.1) is 0 Å². The van der Waals surface area contributed by atoms with E-state index in [-0.39, 0.29) is 25.1 Å². The lowest BCUT2D eigenvalue weighted by atomic mass is 9.45. The van der Waals surface area contributed by atoms with Gasteiger partial charge in [-0.25, -0.2) is 0 Å². The van der Waals surface area contributed by atoms with E-state index < -0.39 is 24.2 Å². The molecule has 3 aliphatic carbocycles. The first-order valence-electron chi connectivity index (χ1n) is 17.0. The molecule has 1 heterocycles. The van der Waals surface area contributed by atoms with Gasteiger partial charge >= 0.3 is 0 Å². The minimum absolute atomic E-state index is 0.0876. The Hall–Kier alpha value is -2.53. The van der Waals surface area contributed by atoms with E-state index >= 15 is 0 Å². The molecule has 4 fully saturated rings. The highest BCUT2D eigenvalue weighted by Crippen LogP contribution is 2.61. The molecule has 9 nitrogen and oxygen atoms in total. The lowest BCUT2D eigenvalue weighted by Gasteiger charge is -2.62. The van der Waals surface area contributed by atoms with Crippen LogP contribution in [0.4, 0.5) is 0 Å². The molecular formula is C37H56N4O5. The number of hydrogen-bond acceptors (Lipinski definition) is 8. The first kappa shape index (κ1) is 34.8. The lowest BCUT2D eigenvalue weighted by Crippen LogP contribution is -2.62. The number of para-hydroxylation sites is 1. The fourth-order valence-corrected chi connectivity index (χ4v) is 8.44. The number of fused-ring (bicyclic) bond motifs is 2. The average Bonchev–Trinajstić information content (AvgIpc) is 3.40. The zero-order valence-corrected chi connectivity index (χ0v) is 28.9. The molecule has 254 valence electrons. The second-order valence-electron chi connectivity index (χ2n) is 14.8. The van der Waals surface area contributed by atoms with Gasteiger partial charge in [0.1, 0.15) is 17.9 Å². The number of hydrogen-bond donors (Lipinski definition) is 3. The molecule has 6 rings (SSSR count). The average molecular weight is 637 g/mol. The van der Waals surface area contributed by atoms with Crippen molar-refractivity contribution in [3.63, 3.8) is 0 Å². The van der Waals surface area contributed by atoms with Crippen LogP contribution < -0.4 is 10.1 Å². The quantitative estimate of drug-likeness (QED) is 0.287. The van der Waals surface area contributed by atoms with Gasteiger partial charge in [0.15, 0.2) is 0 Å². The van der Waals surface area contributed by atoms with Crippen molar-refractivity contribution in [2.75, 3.05) is 40.9 Å². The molecule has 2 unspecified atom stereocenters. The zero-order valence-electron chi connectivity index (χ0n) is 28.9. The summed E-state index contributed by atoms with van der Waals surface area (Å²) in [5.41, 5.74) is 3.52. The van der Waals surface area contributed by atoms with E-state index in [1.54, 1.807) is 19.1 Å². The Kier molecular flexibility index (Phi) is 11.1. The number of amides is 1. The second kappa shape index (κ2) is 14.7. The van der Waals surface area contributed by atoms with E-state index in [0.29, 0.717) is 29.7 Å². The second-order valence-corrected chi connectivity index (χ2v) is 14.8. The summed E-state index contributed by atoms with van der Waals surface area (Å²) in [5, 5.41) is 26.2. The Morgan fingerprint density at radius 1 is 1.09 bits per heavy atom.